The average Bonchev–Trinajstić information content (AvgIpc) is 2.71. The minimum atomic E-state index is 0.194. The van der Waals surface area contributed by atoms with Gasteiger partial charge >= 0.3 is 33.3 Å². The van der Waals surface area contributed by atoms with Gasteiger partial charge in [0, 0.05) is 0 Å². The molecule has 0 aliphatic heterocycles. The number of aryl methyl sites for hydroxylation is 4. The third-order valence-electron chi connectivity index (χ3n) is 4.46. The first-order chi connectivity index (χ1) is 13.9. The fourth-order valence-corrected chi connectivity index (χ4v) is 2.51. The second kappa shape index (κ2) is 11.9. The summed E-state index contributed by atoms with van der Waals surface area (Å²) >= 11 is 0.194. The van der Waals surface area contributed by atoms with Crippen LogP contribution >= 0.6 is 20.2 Å². The molecular formula is C23H23Cl2FeN3. The van der Waals surface area contributed by atoms with Gasteiger partial charge in [-0.1, -0.05) is 18.2 Å². The summed E-state index contributed by atoms with van der Waals surface area (Å²) in [5, 5.41) is 0. The Bertz CT molecular complexity index is 940. The van der Waals surface area contributed by atoms with Crippen molar-refractivity contribution in [1.29, 1.82) is 0 Å². The molecule has 0 spiro atoms. The summed E-state index contributed by atoms with van der Waals surface area (Å²) in [4.78, 5) is 13.6. The zero-order valence-corrected chi connectivity index (χ0v) is 19.4. The Balaban J connectivity index is 0.000000941. The van der Waals surface area contributed by atoms with E-state index in [1.54, 1.807) is 12.4 Å². The second-order valence-corrected chi connectivity index (χ2v) is 8.42. The molecule has 29 heavy (non-hydrogen) atoms. The SMILES string of the molecule is Cc1ccc(N=Cc2cccc(C=Nc3ccc(C)c(C)c3)n2)cc1C.[Cl][Fe][Cl]. The summed E-state index contributed by atoms with van der Waals surface area (Å²) in [5.74, 6) is 0. The van der Waals surface area contributed by atoms with Crippen molar-refractivity contribution in [1.82, 2.24) is 4.98 Å². The molecule has 3 rings (SSSR count). The van der Waals surface area contributed by atoms with E-state index in [1.165, 1.54) is 22.3 Å². The zero-order valence-electron chi connectivity index (χ0n) is 16.8. The van der Waals surface area contributed by atoms with Gasteiger partial charge in [0.15, 0.2) is 0 Å². The van der Waals surface area contributed by atoms with Crippen molar-refractivity contribution in [3.8, 4) is 0 Å². The predicted molar refractivity (Wildman–Crippen MR) is 122 cm³/mol. The molecule has 152 valence electrons. The first kappa shape index (κ1) is 23.3. The number of nitrogens with zero attached hydrogens (tertiary/aromatic N) is 3. The molecule has 0 fully saturated rings. The molecule has 6 heteroatoms. The summed E-state index contributed by atoms with van der Waals surface area (Å²) in [7, 11) is 9.53. The van der Waals surface area contributed by atoms with Crippen LogP contribution in [-0.4, -0.2) is 17.4 Å². The van der Waals surface area contributed by atoms with Crippen LogP contribution in [0.3, 0.4) is 0 Å². The van der Waals surface area contributed by atoms with Gasteiger partial charge in [-0.15, -0.1) is 0 Å². The van der Waals surface area contributed by atoms with Gasteiger partial charge in [-0.05, 0) is 86.3 Å². The van der Waals surface area contributed by atoms with Crippen molar-refractivity contribution >= 4 is 44.0 Å². The number of pyridine rings is 1. The van der Waals surface area contributed by atoms with Gasteiger partial charge in [-0.2, -0.15) is 0 Å². The molecule has 3 nitrogen and oxygen atoms in total. The van der Waals surface area contributed by atoms with Gasteiger partial charge in [0.2, 0.25) is 0 Å². The molecule has 0 amide bonds. The third-order valence-corrected chi connectivity index (χ3v) is 4.46. The molecular weight excluding hydrogens is 445 g/mol. The molecule has 0 bridgehead atoms. The van der Waals surface area contributed by atoms with E-state index in [-0.39, 0.29) is 13.1 Å². The maximum atomic E-state index is 4.76. The minimum absolute atomic E-state index is 0.194. The first-order valence-electron chi connectivity index (χ1n) is 8.98. The first-order valence-corrected chi connectivity index (χ1v) is 12.0. The molecule has 0 aliphatic rings. The molecule has 0 unspecified atom stereocenters. The van der Waals surface area contributed by atoms with Crippen molar-refractivity contribution in [3.05, 3.63) is 88.2 Å². The van der Waals surface area contributed by atoms with E-state index in [0.29, 0.717) is 0 Å². The van der Waals surface area contributed by atoms with Gasteiger partial charge in [-0.25, -0.2) is 4.98 Å². The average molecular weight is 468 g/mol. The monoisotopic (exact) mass is 467 g/mol. The Labute approximate surface area is 187 Å². The van der Waals surface area contributed by atoms with Crippen molar-refractivity contribution < 1.29 is 13.1 Å². The van der Waals surface area contributed by atoms with Crippen LogP contribution in [0.25, 0.3) is 0 Å². The molecule has 0 atom stereocenters. The topological polar surface area (TPSA) is 37.6 Å². The molecule has 0 radical (unpaired) electrons. The Morgan fingerprint density at radius 3 is 1.48 bits per heavy atom. The van der Waals surface area contributed by atoms with Crippen LogP contribution in [0.4, 0.5) is 11.4 Å². The number of halogens is 2. The van der Waals surface area contributed by atoms with Crippen molar-refractivity contribution in [2.75, 3.05) is 0 Å². The predicted octanol–water partition coefficient (Wildman–Crippen LogP) is 7.19. The number of aliphatic imine (C=N–C) groups is 2. The normalized spacial score (nSPS) is 11.1. The summed E-state index contributed by atoms with van der Waals surface area (Å²) in [5.41, 5.74) is 8.51. The summed E-state index contributed by atoms with van der Waals surface area (Å²) in [6, 6.07) is 18.2. The molecule has 0 N–H and O–H groups in total. The molecule has 2 aromatic carbocycles. The molecule has 3 aromatic rings. The van der Waals surface area contributed by atoms with E-state index in [0.717, 1.165) is 22.8 Å². The van der Waals surface area contributed by atoms with E-state index in [2.05, 4.69) is 66.9 Å². The Kier molecular flexibility index (Phi) is 9.56. The van der Waals surface area contributed by atoms with Crippen molar-refractivity contribution in [3.63, 3.8) is 0 Å². The van der Waals surface area contributed by atoms with E-state index >= 15 is 0 Å². The number of benzene rings is 2. The number of aromatic nitrogens is 1. The summed E-state index contributed by atoms with van der Waals surface area (Å²) < 4.78 is 0. The van der Waals surface area contributed by atoms with E-state index in [9.17, 15) is 0 Å². The fraction of sp³-hybridized carbons (Fsp3) is 0.174. The van der Waals surface area contributed by atoms with Gasteiger partial charge in [0.1, 0.15) is 0 Å². The molecule has 1 heterocycles. The standard InChI is InChI=1S/C23H23N3.2ClH.Fe/c1-16-8-10-20(12-18(16)3)24-14-22-6-5-7-23(26-22)15-25-21-11-9-17(2)19(4)13-21;;;/h5-15H,1-4H3;2*1H;/q;;;+2/p-2. The van der Waals surface area contributed by atoms with Crippen LogP contribution in [0, 0.1) is 27.7 Å². The molecule has 0 saturated carbocycles. The van der Waals surface area contributed by atoms with E-state index < -0.39 is 0 Å². The van der Waals surface area contributed by atoms with E-state index in [4.69, 9.17) is 20.2 Å². The Hall–Kier alpha value is -1.97. The zero-order chi connectivity index (χ0) is 21.2. The second-order valence-electron chi connectivity index (χ2n) is 6.59. The van der Waals surface area contributed by atoms with Crippen molar-refractivity contribution in [2.24, 2.45) is 9.98 Å². The van der Waals surface area contributed by atoms with Gasteiger partial charge in [-0.3, -0.25) is 9.98 Å². The van der Waals surface area contributed by atoms with Crippen LogP contribution in [0.1, 0.15) is 33.6 Å². The molecule has 1 aromatic heterocycles. The number of hydrogen-bond acceptors (Lipinski definition) is 3. The maximum absolute atomic E-state index is 4.76. The van der Waals surface area contributed by atoms with Crippen LogP contribution in [0.15, 0.2) is 64.6 Å². The van der Waals surface area contributed by atoms with E-state index in [1.807, 2.05) is 30.3 Å². The van der Waals surface area contributed by atoms with Crippen LogP contribution in [-0.2, 0) is 13.1 Å². The van der Waals surface area contributed by atoms with Crippen LogP contribution < -0.4 is 0 Å². The van der Waals surface area contributed by atoms with Crippen LogP contribution in [0.2, 0.25) is 0 Å². The molecule has 0 aliphatic carbocycles. The quantitative estimate of drug-likeness (QED) is 0.295. The Morgan fingerprint density at radius 1 is 0.690 bits per heavy atom. The number of hydrogen-bond donors (Lipinski definition) is 0. The summed E-state index contributed by atoms with van der Waals surface area (Å²) in [6.07, 6.45) is 3.58. The summed E-state index contributed by atoms with van der Waals surface area (Å²) in [6.45, 7) is 8.39. The molecule has 0 saturated heterocycles. The van der Waals surface area contributed by atoms with Crippen molar-refractivity contribution in [2.45, 2.75) is 27.7 Å². The fourth-order valence-electron chi connectivity index (χ4n) is 2.51. The van der Waals surface area contributed by atoms with Gasteiger partial charge in [0.25, 0.3) is 0 Å². The third kappa shape index (κ3) is 7.75. The Morgan fingerprint density at radius 2 is 1.10 bits per heavy atom. The number of rotatable bonds is 4. The van der Waals surface area contributed by atoms with Crippen LogP contribution in [0.5, 0.6) is 0 Å². The van der Waals surface area contributed by atoms with Gasteiger partial charge < -0.3 is 0 Å². The van der Waals surface area contributed by atoms with Gasteiger partial charge in [0.05, 0.1) is 35.2 Å².